The number of aromatic nitrogens is 3. The first-order valence-electron chi connectivity index (χ1n) is 5.22. The van der Waals surface area contributed by atoms with Crippen molar-refractivity contribution in [3.05, 3.63) is 29.6 Å². The van der Waals surface area contributed by atoms with Crippen molar-refractivity contribution < 1.29 is 4.74 Å². The van der Waals surface area contributed by atoms with Crippen LogP contribution in [0.1, 0.15) is 11.1 Å². The van der Waals surface area contributed by atoms with Gasteiger partial charge in [-0.3, -0.25) is 0 Å². The van der Waals surface area contributed by atoms with Crippen molar-refractivity contribution in [1.29, 1.82) is 0 Å². The molecule has 0 aliphatic carbocycles. The second kappa shape index (κ2) is 4.37. The lowest BCUT2D eigenvalue weighted by Gasteiger charge is -2.11. The molecular formula is C12H14N4O. The van der Waals surface area contributed by atoms with E-state index in [0.29, 0.717) is 11.5 Å². The number of benzene rings is 1. The van der Waals surface area contributed by atoms with Crippen LogP contribution in [0.5, 0.6) is 5.75 Å². The maximum Gasteiger partial charge on any atom is 0.153 e. The Morgan fingerprint density at radius 2 is 1.94 bits per heavy atom. The fourth-order valence-electron chi connectivity index (χ4n) is 1.74. The van der Waals surface area contributed by atoms with Crippen molar-refractivity contribution in [3.63, 3.8) is 0 Å². The minimum Gasteiger partial charge on any atom is -0.496 e. The van der Waals surface area contributed by atoms with Gasteiger partial charge in [0.1, 0.15) is 17.8 Å². The Balaban J connectivity index is 2.61. The third kappa shape index (κ3) is 2.04. The molecule has 0 bridgehead atoms. The van der Waals surface area contributed by atoms with Crippen LogP contribution in [0.25, 0.3) is 11.3 Å². The molecule has 0 radical (unpaired) electrons. The molecule has 0 atom stereocenters. The minimum atomic E-state index is 0.382. The summed E-state index contributed by atoms with van der Waals surface area (Å²) in [5.74, 6) is 1.23. The highest BCUT2D eigenvalue weighted by atomic mass is 16.5. The fraction of sp³-hybridized carbons (Fsp3) is 0.250. The molecule has 0 aliphatic rings. The number of anilines is 1. The van der Waals surface area contributed by atoms with Gasteiger partial charge in [0.15, 0.2) is 5.82 Å². The zero-order valence-electron chi connectivity index (χ0n) is 10.1. The molecule has 17 heavy (non-hydrogen) atoms. The first kappa shape index (κ1) is 11.3. The van der Waals surface area contributed by atoms with Gasteiger partial charge in [-0.25, -0.2) is 4.98 Å². The number of aryl methyl sites for hydroxylation is 2. The molecular weight excluding hydrogens is 216 g/mol. The van der Waals surface area contributed by atoms with E-state index in [4.69, 9.17) is 10.5 Å². The molecule has 2 N–H and O–H groups in total. The Bertz CT molecular complexity index is 554. The van der Waals surface area contributed by atoms with E-state index in [2.05, 4.69) is 15.2 Å². The lowest BCUT2D eigenvalue weighted by molar-refractivity contribution is 0.411. The number of hydrogen-bond acceptors (Lipinski definition) is 5. The second-order valence-corrected chi connectivity index (χ2v) is 3.83. The molecule has 5 nitrogen and oxygen atoms in total. The Labute approximate surface area is 99.7 Å². The van der Waals surface area contributed by atoms with Crippen LogP contribution in [0.15, 0.2) is 18.5 Å². The summed E-state index contributed by atoms with van der Waals surface area (Å²) in [5, 5.41) is 7.79. The summed E-state index contributed by atoms with van der Waals surface area (Å²) in [7, 11) is 1.65. The van der Waals surface area contributed by atoms with Crippen molar-refractivity contribution in [2.24, 2.45) is 0 Å². The molecule has 0 unspecified atom stereocenters. The zero-order chi connectivity index (χ0) is 12.4. The predicted molar refractivity (Wildman–Crippen MR) is 65.7 cm³/mol. The van der Waals surface area contributed by atoms with Gasteiger partial charge in [0, 0.05) is 5.56 Å². The van der Waals surface area contributed by atoms with Gasteiger partial charge in [-0.15, -0.1) is 10.2 Å². The summed E-state index contributed by atoms with van der Waals surface area (Å²) in [5.41, 5.74) is 9.39. The van der Waals surface area contributed by atoms with Crippen LogP contribution in [0.2, 0.25) is 0 Å². The van der Waals surface area contributed by atoms with Gasteiger partial charge in [-0.05, 0) is 37.1 Å². The van der Waals surface area contributed by atoms with Gasteiger partial charge < -0.3 is 10.5 Å². The predicted octanol–water partition coefficient (Wildman–Crippen LogP) is 1.75. The molecule has 0 amide bonds. The van der Waals surface area contributed by atoms with E-state index in [0.717, 1.165) is 22.4 Å². The maximum atomic E-state index is 5.80. The van der Waals surface area contributed by atoms with Crippen LogP contribution in [-0.4, -0.2) is 22.3 Å². The van der Waals surface area contributed by atoms with E-state index in [1.165, 1.54) is 6.33 Å². The first-order valence-corrected chi connectivity index (χ1v) is 5.22. The molecule has 1 heterocycles. The van der Waals surface area contributed by atoms with Crippen LogP contribution in [0.4, 0.5) is 5.82 Å². The summed E-state index contributed by atoms with van der Waals surface area (Å²) in [6.45, 7) is 3.95. The van der Waals surface area contributed by atoms with Gasteiger partial charge >= 0.3 is 0 Å². The average molecular weight is 230 g/mol. The Morgan fingerprint density at radius 1 is 1.18 bits per heavy atom. The quantitative estimate of drug-likeness (QED) is 0.850. The molecule has 5 heteroatoms. The summed E-state index contributed by atoms with van der Waals surface area (Å²) in [4.78, 5) is 3.94. The van der Waals surface area contributed by atoms with Crippen LogP contribution in [0, 0.1) is 13.8 Å². The van der Waals surface area contributed by atoms with Crippen LogP contribution in [-0.2, 0) is 0 Å². The fourth-order valence-corrected chi connectivity index (χ4v) is 1.74. The van der Waals surface area contributed by atoms with Crippen molar-refractivity contribution in [1.82, 2.24) is 15.2 Å². The minimum absolute atomic E-state index is 0.382. The van der Waals surface area contributed by atoms with Crippen molar-refractivity contribution in [2.75, 3.05) is 12.8 Å². The van der Waals surface area contributed by atoms with Gasteiger partial charge in [0.2, 0.25) is 0 Å². The number of hydrogen-bond donors (Lipinski definition) is 1. The number of rotatable bonds is 2. The number of ether oxygens (including phenoxy) is 1. The number of methoxy groups -OCH3 is 1. The van der Waals surface area contributed by atoms with Gasteiger partial charge in [-0.1, -0.05) is 0 Å². The highest BCUT2D eigenvalue weighted by Crippen LogP contribution is 2.30. The smallest absolute Gasteiger partial charge is 0.153 e. The van der Waals surface area contributed by atoms with E-state index in [1.807, 2.05) is 26.0 Å². The largest absolute Gasteiger partial charge is 0.496 e. The second-order valence-electron chi connectivity index (χ2n) is 3.83. The molecule has 0 saturated carbocycles. The van der Waals surface area contributed by atoms with Crippen molar-refractivity contribution in [2.45, 2.75) is 13.8 Å². The van der Waals surface area contributed by atoms with E-state index in [1.54, 1.807) is 7.11 Å². The lowest BCUT2D eigenvalue weighted by Crippen LogP contribution is -2.00. The zero-order valence-corrected chi connectivity index (χ0v) is 10.1. The van der Waals surface area contributed by atoms with E-state index < -0.39 is 0 Å². The first-order chi connectivity index (χ1) is 8.13. The van der Waals surface area contributed by atoms with Crippen molar-refractivity contribution in [3.8, 4) is 17.0 Å². The van der Waals surface area contributed by atoms with Crippen molar-refractivity contribution >= 4 is 5.82 Å². The monoisotopic (exact) mass is 230 g/mol. The molecule has 1 aromatic heterocycles. The summed E-state index contributed by atoms with van der Waals surface area (Å²) in [6.07, 6.45) is 1.34. The van der Waals surface area contributed by atoms with E-state index >= 15 is 0 Å². The number of nitrogens with two attached hydrogens (primary N) is 1. The van der Waals surface area contributed by atoms with Crippen LogP contribution in [0.3, 0.4) is 0 Å². The molecule has 88 valence electrons. The molecule has 2 aromatic rings. The number of nitrogens with zero attached hydrogens (tertiary/aromatic N) is 3. The topological polar surface area (TPSA) is 73.9 Å². The summed E-state index contributed by atoms with van der Waals surface area (Å²) < 4.78 is 5.26. The van der Waals surface area contributed by atoms with Gasteiger partial charge in [-0.2, -0.15) is 0 Å². The van der Waals surface area contributed by atoms with E-state index in [-0.39, 0.29) is 0 Å². The van der Waals surface area contributed by atoms with Crippen LogP contribution >= 0.6 is 0 Å². The lowest BCUT2D eigenvalue weighted by atomic mass is 10.0. The Morgan fingerprint density at radius 3 is 2.59 bits per heavy atom. The maximum absolute atomic E-state index is 5.80. The average Bonchev–Trinajstić information content (AvgIpc) is 2.32. The molecule has 0 fully saturated rings. The normalized spacial score (nSPS) is 10.3. The molecule has 0 aliphatic heterocycles. The standard InChI is InChI=1S/C12H14N4O/c1-7-5-10(17-3)8(2)4-9(7)11-12(13)14-6-15-16-11/h4-6H,1-3H3,(H2,13,14,15). The van der Waals surface area contributed by atoms with Crippen LogP contribution < -0.4 is 10.5 Å². The molecule has 2 rings (SSSR count). The van der Waals surface area contributed by atoms with Gasteiger partial charge in [0.05, 0.1) is 7.11 Å². The molecule has 0 spiro atoms. The summed E-state index contributed by atoms with van der Waals surface area (Å²) >= 11 is 0. The molecule has 1 aromatic carbocycles. The SMILES string of the molecule is COc1cc(C)c(-c2nncnc2N)cc1C. The highest BCUT2D eigenvalue weighted by molar-refractivity contribution is 5.73. The number of nitrogen functional groups attached to an aromatic ring is 1. The van der Waals surface area contributed by atoms with Gasteiger partial charge in [0.25, 0.3) is 0 Å². The highest BCUT2D eigenvalue weighted by Gasteiger charge is 2.11. The van der Waals surface area contributed by atoms with E-state index in [9.17, 15) is 0 Å². The molecule has 0 saturated heterocycles. The summed E-state index contributed by atoms with van der Waals surface area (Å²) in [6, 6.07) is 3.94. The Hall–Kier alpha value is -2.17. The third-order valence-electron chi connectivity index (χ3n) is 2.65. The third-order valence-corrected chi connectivity index (χ3v) is 2.65. The Kier molecular flexibility index (Phi) is 2.91.